The van der Waals surface area contributed by atoms with Gasteiger partial charge < -0.3 is 10.6 Å². The number of halogens is 3. The molecular formula is C20H20F3N3O2S. The van der Waals surface area contributed by atoms with Crippen molar-refractivity contribution in [3.05, 3.63) is 66.2 Å². The molecule has 1 heterocycles. The van der Waals surface area contributed by atoms with Crippen LogP contribution in [0.2, 0.25) is 0 Å². The van der Waals surface area contributed by atoms with Crippen LogP contribution in [0.15, 0.2) is 60.7 Å². The molecule has 0 aliphatic carbocycles. The van der Waals surface area contributed by atoms with Crippen molar-refractivity contribution in [1.82, 2.24) is 10.2 Å². The van der Waals surface area contributed by atoms with Gasteiger partial charge in [0.1, 0.15) is 6.04 Å². The van der Waals surface area contributed by atoms with Crippen LogP contribution in [-0.4, -0.2) is 40.2 Å². The molecule has 0 unspecified atom stereocenters. The van der Waals surface area contributed by atoms with E-state index in [9.17, 15) is 22.8 Å². The van der Waals surface area contributed by atoms with E-state index in [4.69, 9.17) is 0 Å². The number of benzene rings is 2. The molecule has 5 nitrogen and oxygen atoms in total. The van der Waals surface area contributed by atoms with Gasteiger partial charge in [0, 0.05) is 11.4 Å². The molecule has 1 aliphatic heterocycles. The van der Waals surface area contributed by atoms with Crippen LogP contribution in [0.5, 0.6) is 0 Å². The topological polar surface area (TPSA) is 61.4 Å². The van der Waals surface area contributed by atoms with Crippen molar-refractivity contribution in [3.8, 4) is 0 Å². The van der Waals surface area contributed by atoms with Gasteiger partial charge in [-0.1, -0.05) is 48.5 Å². The predicted octanol–water partition coefficient (Wildman–Crippen LogP) is 4.40. The third-order valence-electron chi connectivity index (χ3n) is 4.50. The molecule has 2 N–H and O–H groups in total. The molecule has 1 fully saturated rings. The fraction of sp³-hybridized carbons (Fsp3) is 0.300. The van der Waals surface area contributed by atoms with Crippen LogP contribution in [0.1, 0.15) is 18.5 Å². The number of alkyl halides is 3. The highest BCUT2D eigenvalue weighted by Crippen LogP contribution is 2.40. The predicted molar refractivity (Wildman–Crippen MR) is 106 cm³/mol. The molecule has 1 aliphatic rings. The maximum absolute atomic E-state index is 13.5. The molecule has 9 heteroatoms. The van der Waals surface area contributed by atoms with E-state index in [1.807, 2.05) is 30.3 Å². The van der Waals surface area contributed by atoms with Gasteiger partial charge >= 0.3 is 12.2 Å². The number of rotatable bonds is 4. The number of carbonyl (C=O) groups excluding carboxylic acids is 2. The molecule has 3 rings (SSSR count). The number of nitrogens with one attached hydrogen (secondary N) is 2. The molecular weight excluding hydrogens is 403 g/mol. The summed E-state index contributed by atoms with van der Waals surface area (Å²) in [6, 6.07) is 14.6. The van der Waals surface area contributed by atoms with Crippen LogP contribution >= 0.6 is 11.8 Å². The van der Waals surface area contributed by atoms with E-state index in [1.165, 1.54) is 0 Å². The van der Waals surface area contributed by atoms with E-state index < -0.39 is 35.6 Å². The van der Waals surface area contributed by atoms with Crippen LogP contribution in [0.4, 0.5) is 23.7 Å². The van der Waals surface area contributed by atoms with Gasteiger partial charge in [0.2, 0.25) is 5.91 Å². The molecule has 2 aromatic rings. The Kier molecular flexibility index (Phi) is 6.36. The number of urea groups is 1. The van der Waals surface area contributed by atoms with Gasteiger partial charge in [-0.2, -0.15) is 13.2 Å². The lowest BCUT2D eigenvalue weighted by atomic mass is 10.1. The van der Waals surface area contributed by atoms with E-state index in [1.54, 1.807) is 37.3 Å². The Balaban J connectivity index is 1.78. The van der Waals surface area contributed by atoms with E-state index in [0.717, 1.165) is 5.56 Å². The number of thioether (sulfide) groups is 1. The number of anilines is 1. The van der Waals surface area contributed by atoms with Gasteiger partial charge in [0.25, 0.3) is 0 Å². The summed E-state index contributed by atoms with van der Waals surface area (Å²) >= 11 is 0.535. The smallest absolute Gasteiger partial charge is 0.348 e. The first-order chi connectivity index (χ1) is 13.8. The highest BCUT2D eigenvalue weighted by molar-refractivity contribution is 8.00. The van der Waals surface area contributed by atoms with Gasteiger partial charge in [-0.3, -0.25) is 9.69 Å². The Morgan fingerprint density at radius 2 is 1.66 bits per heavy atom. The SMILES string of the molecule is C[C@@H](NC(=O)[C@@H]1CS[C@@H](C(F)(F)F)N1C(=O)Nc1ccccc1)c1ccccc1. The highest BCUT2D eigenvalue weighted by Gasteiger charge is 2.54. The zero-order chi connectivity index (χ0) is 21.0. The fourth-order valence-corrected chi connectivity index (χ4v) is 4.32. The number of hydrogen-bond acceptors (Lipinski definition) is 3. The molecule has 0 aromatic heterocycles. The van der Waals surface area contributed by atoms with Crippen LogP contribution in [0.25, 0.3) is 0 Å². The van der Waals surface area contributed by atoms with Gasteiger partial charge in [0.15, 0.2) is 5.37 Å². The Bertz CT molecular complexity index is 849. The van der Waals surface area contributed by atoms with Gasteiger partial charge in [-0.25, -0.2) is 4.79 Å². The molecule has 0 radical (unpaired) electrons. The van der Waals surface area contributed by atoms with E-state index in [2.05, 4.69) is 10.6 Å². The summed E-state index contributed by atoms with van der Waals surface area (Å²) in [6.07, 6.45) is -4.65. The second-order valence-electron chi connectivity index (χ2n) is 6.59. The molecule has 154 valence electrons. The van der Waals surface area contributed by atoms with Gasteiger partial charge in [-0.15, -0.1) is 11.8 Å². The molecule has 29 heavy (non-hydrogen) atoms. The average molecular weight is 423 g/mol. The van der Waals surface area contributed by atoms with E-state index >= 15 is 0 Å². The summed E-state index contributed by atoms with van der Waals surface area (Å²) in [4.78, 5) is 26.0. The van der Waals surface area contributed by atoms with Crippen LogP contribution in [-0.2, 0) is 4.79 Å². The third kappa shape index (κ3) is 5.03. The van der Waals surface area contributed by atoms with Gasteiger partial charge in [-0.05, 0) is 24.6 Å². The minimum atomic E-state index is -4.65. The summed E-state index contributed by atoms with van der Waals surface area (Å²) in [5, 5.41) is 3.08. The number of nitrogens with zero attached hydrogens (tertiary/aromatic N) is 1. The lowest BCUT2D eigenvalue weighted by Gasteiger charge is -2.30. The maximum atomic E-state index is 13.5. The minimum absolute atomic E-state index is 0.139. The molecule has 3 atom stereocenters. The number of carbonyl (C=O) groups is 2. The van der Waals surface area contributed by atoms with Crippen molar-refractivity contribution in [3.63, 3.8) is 0 Å². The summed E-state index contributed by atoms with van der Waals surface area (Å²) < 4.78 is 40.5. The Hall–Kier alpha value is -2.68. The number of para-hydroxylation sites is 1. The Labute approximate surface area is 170 Å². The van der Waals surface area contributed by atoms with Crippen LogP contribution in [0, 0.1) is 0 Å². The highest BCUT2D eigenvalue weighted by atomic mass is 32.2. The number of hydrogen-bond donors (Lipinski definition) is 2. The quantitative estimate of drug-likeness (QED) is 0.766. The largest absolute Gasteiger partial charge is 0.418 e. The van der Waals surface area contributed by atoms with Crippen molar-refractivity contribution in [2.75, 3.05) is 11.1 Å². The monoisotopic (exact) mass is 423 g/mol. The lowest BCUT2D eigenvalue weighted by molar-refractivity contribution is -0.154. The van der Waals surface area contributed by atoms with Gasteiger partial charge in [0.05, 0.1) is 6.04 Å². The second kappa shape index (κ2) is 8.77. The Morgan fingerprint density at radius 3 is 2.24 bits per heavy atom. The second-order valence-corrected chi connectivity index (χ2v) is 7.70. The lowest BCUT2D eigenvalue weighted by Crippen LogP contribution is -2.54. The summed E-state index contributed by atoms with van der Waals surface area (Å²) in [6.45, 7) is 1.74. The molecule has 0 saturated carbocycles. The van der Waals surface area contributed by atoms with Crippen molar-refractivity contribution in [2.24, 2.45) is 0 Å². The van der Waals surface area contributed by atoms with Crippen LogP contribution < -0.4 is 10.6 Å². The normalized spacial score (nSPS) is 20.2. The molecule has 0 bridgehead atoms. The molecule has 3 amide bonds. The molecule has 1 saturated heterocycles. The molecule has 0 spiro atoms. The summed E-state index contributed by atoms with van der Waals surface area (Å²) in [5.41, 5.74) is 1.17. The standard InChI is InChI=1S/C20H20F3N3O2S/c1-13(14-8-4-2-5-9-14)24-17(27)16-12-29-18(20(21,22)23)26(16)19(28)25-15-10-6-3-7-11-15/h2-11,13,16,18H,12H2,1H3,(H,24,27)(H,25,28)/t13-,16+,18+/m1/s1. The summed E-state index contributed by atoms with van der Waals surface area (Å²) in [5.74, 6) is -0.761. The van der Waals surface area contributed by atoms with Crippen molar-refractivity contribution >= 4 is 29.4 Å². The van der Waals surface area contributed by atoms with Crippen molar-refractivity contribution < 1.29 is 22.8 Å². The minimum Gasteiger partial charge on any atom is -0.348 e. The Morgan fingerprint density at radius 1 is 1.07 bits per heavy atom. The van der Waals surface area contributed by atoms with Crippen molar-refractivity contribution in [1.29, 1.82) is 0 Å². The maximum Gasteiger partial charge on any atom is 0.418 e. The fourth-order valence-electron chi connectivity index (χ4n) is 3.05. The third-order valence-corrected chi connectivity index (χ3v) is 5.82. The summed E-state index contributed by atoms with van der Waals surface area (Å²) in [7, 11) is 0. The first kappa shape index (κ1) is 21.0. The average Bonchev–Trinajstić information content (AvgIpc) is 3.15. The zero-order valence-electron chi connectivity index (χ0n) is 15.5. The van der Waals surface area contributed by atoms with Crippen LogP contribution in [0.3, 0.4) is 0 Å². The zero-order valence-corrected chi connectivity index (χ0v) is 16.3. The van der Waals surface area contributed by atoms with Crippen molar-refractivity contribution in [2.45, 2.75) is 30.6 Å². The molecule has 2 aromatic carbocycles. The van der Waals surface area contributed by atoms with E-state index in [0.29, 0.717) is 22.3 Å². The number of amides is 3. The first-order valence-corrected chi connectivity index (χ1v) is 10.00. The van der Waals surface area contributed by atoms with E-state index in [-0.39, 0.29) is 5.75 Å². The first-order valence-electron chi connectivity index (χ1n) is 8.95.